The molecule has 11 nitrogen and oxygen atoms in total. The van der Waals surface area contributed by atoms with E-state index in [0.717, 1.165) is 11.3 Å². The number of anilines is 1. The zero-order valence-electron chi connectivity index (χ0n) is 17.1. The van der Waals surface area contributed by atoms with Crippen LogP contribution in [-0.2, 0) is 16.0 Å². The lowest BCUT2D eigenvalue weighted by Crippen LogP contribution is -2.35. The van der Waals surface area contributed by atoms with Crippen LogP contribution in [0.5, 0.6) is 0 Å². The number of aromatic nitrogens is 2. The molecule has 1 saturated carbocycles. The number of piperidine rings is 1. The lowest BCUT2D eigenvalue weighted by molar-refractivity contribution is -0.137. The molecule has 1 aliphatic heterocycles. The number of amides is 2. The molecule has 4 rings (SSSR count). The van der Waals surface area contributed by atoms with E-state index in [1.807, 2.05) is 4.90 Å². The van der Waals surface area contributed by atoms with E-state index in [4.69, 9.17) is 28.3 Å². The SMILES string of the molecule is Cc1[nH]c(C(=O)N[C@@H]2[C@@H]3CN(c4nc(CC(=O)NCC(=O)O)c(C(=O)O)s4)C[C@@H]32)c(Cl)c1Cl. The van der Waals surface area contributed by atoms with E-state index in [-0.39, 0.29) is 51.5 Å². The molecule has 2 aromatic rings. The lowest BCUT2D eigenvalue weighted by atomic mass is 10.2. The highest BCUT2D eigenvalue weighted by Gasteiger charge is 2.57. The predicted molar refractivity (Wildman–Crippen MR) is 119 cm³/mol. The maximum absolute atomic E-state index is 12.5. The molecule has 0 spiro atoms. The first kappa shape index (κ1) is 23.3. The van der Waals surface area contributed by atoms with Crippen molar-refractivity contribution >= 4 is 63.4 Å². The molecule has 2 fully saturated rings. The number of halogens is 2. The van der Waals surface area contributed by atoms with Crippen LogP contribution in [0, 0.1) is 18.8 Å². The Morgan fingerprint density at radius 2 is 1.85 bits per heavy atom. The van der Waals surface area contributed by atoms with E-state index in [9.17, 15) is 24.3 Å². The van der Waals surface area contributed by atoms with Crippen LogP contribution in [0.2, 0.25) is 10.0 Å². The number of carbonyl (C=O) groups excluding carboxylic acids is 2. The predicted octanol–water partition coefficient (Wildman–Crippen LogP) is 1.39. The minimum absolute atomic E-state index is 0.0348. The minimum Gasteiger partial charge on any atom is -0.480 e. The molecule has 2 aliphatic rings. The first-order valence-corrected chi connectivity index (χ1v) is 11.4. The molecule has 2 amide bonds. The Kier molecular flexibility index (Phi) is 6.25. The summed E-state index contributed by atoms with van der Waals surface area (Å²) in [4.78, 5) is 55.7. The van der Waals surface area contributed by atoms with Crippen molar-refractivity contribution in [1.29, 1.82) is 0 Å². The van der Waals surface area contributed by atoms with Gasteiger partial charge in [-0.2, -0.15) is 0 Å². The third kappa shape index (κ3) is 4.63. The lowest BCUT2D eigenvalue weighted by Gasteiger charge is -2.19. The molecular formula is C19H19Cl2N5O6S. The summed E-state index contributed by atoms with van der Waals surface area (Å²) in [7, 11) is 0. The van der Waals surface area contributed by atoms with Crippen molar-refractivity contribution in [2.24, 2.45) is 11.8 Å². The van der Waals surface area contributed by atoms with E-state index in [0.29, 0.717) is 28.9 Å². The van der Waals surface area contributed by atoms with Crippen molar-refractivity contribution in [3.05, 3.63) is 32.0 Å². The number of fused-ring (bicyclic) bond motifs is 1. The fraction of sp³-hybridized carbons (Fsp3) is 0.421. The molecule has 1 saturated heterocycles. The number of aliphatic carboxylic acids is 1. The number of carbonyl (C=O) groups is 4. The molecule has 3 heterocycles. The Balaban J connectivity index is 1.37. The summed E-state index contributed by atoms with van der Waals surface area (Å²) >= 11 is 13.1. The van der Waals surface area contributed by atoms with Crippen LogP contribution in [0.15, 0.2) is 0 Å². The molecule has 33 heavy (non-hydrogen) atoms. The van der Waals surface area contributed by atoms with Gasteiger partial charge < -0.3 is 30.7 Å². The maximum Gasteiger partial charge on any atom is 0.347 e. The van der Waals surface area contributed by atoms with Crippen molar-refractivity contribution in [3.63, 3.8) is 0 Å². The second-order valence-corrected chi connectivity index (χ2v) is 9.64. The second-order valence-electron chi connectivity index (χ2n) is 7.91. The van der Waals surface area contributed by atoms with Gasteiger partial charge in [0, 0.05) is 36.7 Å². The van der Waals surface area contributed by atoms with Gasteiger partial charge in [0.05, 0.1) is 22.2 Å². The first-order valence-electron chi connectivity index (χ1n) is 9.87. The van der Waals surface area contributed by atoms with E-state index < -0.39 is 24.4 Å². The van der Waals surface area contributed by atoms with Gasteiger partial charge in [0.25, 0.3) is 5.91 Å². The van der Waals surface area contributed by atoms with Gasteiger partial charge >= 0.3 is 11.9 Å². The summed E-state index contributed by atoms with van der Waals surface area (Å²) < 4.78 is 0. The van der Waals surface area contributed by atoms with Crippen LogP contribution < -0.4 is 15.5 Å². The molecule has 0 aromatic carbocycles. The third-order valence-electron chi connectivity index (χ3n) is 5.69. The van der Waals surface area contributed by atoms with Crippen LogP contribution >= 0.6 is 34.5 Å². The monoisotopic (exact) mass is 515 g/mol. The number of carboxylic acid groups (broad SMARTS) is 2. The summed E-state index contributed by atoms with van der Waals surface area (Å²) in [5.41, 5.74) is 0.918. The van der Waals surface area contributed by atoms with Gasteiger partial charge in [0.15, 0.2) is 5.13 Å². The van der Waals surface area contributed by atoms with Crippen molar-refractivity contribution < 1.29 is 29.4 Å². The standard InChI is InChI=1S/C19H19Cl2N5O6S/c1-6-12(20)13(21)15(23-6)17(30)25-14-7-4-26(5-8(7)14)19-24-9(16(33-19)18(31)32)2-10(27)22-3-11(28)29/h7-8,14,23H,2-5H2,1H3,(H,22,27)(H,25,30)(H,28,29)(H,31,32)/t7-,8+,14-. The zero-order chi connectivity index (χ0) is 24.0. The number of nitrogens with zero attached hydrogens (tertiary/aromatic N) is 2. The summed E-state index contributed by atoms with van der Waals surface area (Å²) in [6, 6.07) is -0.0348. The molecule has 3 atom stereocenters. The van der Waals surface area contributed by atoms with Gasteiger partial charge in [-0.1, -0.05) is 34.5 Å². The highest BCUT2D eigenvalue weighted by atomic mass is 35.5. The smallest absolute Gasteiger partial charge is 0.347 e. The molecule has 0 unspecified atom stereocenters. The van der Waals surface area contributed by atoms with Crippen LogP contribution in [0.4, 0.5) is 5.13 Å². The second kappa shape index (κ2) is 8.84. The van der Waals surface area contributed by atoms with Crippen molar-refractivity contribution in [1.82, 2.24) is 20.6 Å². The van der Waals surface area contributed by atoms with Crippen LogP contribution in [0.3, 0.4) is 0 Å². The maximum atomic E-state index is 12.5. The van der Waals surface area contributed by atoms with Crippen LogP contribution in [0.25, 0.3) is 0 Å². The molecule has 0 radical (unpaired) electrons. The van der Waals surface area contributed by atoms with E-state index in [1.54, 1.807) is 6.92 Å². The minimum atomic E-state index is -1.20. The summed E-state index contributed by atoms with van der Waals surface area (Å²) in [6.45, 7) is 2.31. The highest BCUT2D eigenvalue weighted by molar-refractivity contribution is 7.17. The molecular weight excluding hydrogens is 497 g/mol. The number of rotatable bonds is 8. The Bertz CT molecular complexity index is 1150. The number of H-pyrrole nitrogens is 1. The fourth-order valence-corrected chi connectivity index (χ4v) is 5.35. The van der Waals surface area contributed by atoms with Crippen molar-refractivity contribution in [3.8, 4) is 0 Å². The van der Waals surface area contributed by atoms with Crippen LogP contribution in [-0.4, -0.2) is 69.6 Å². The Hall–Kier alpha value is -2.83. The largest absolute Gasteiger partial charge is 0.480 e. The normalized spacial score (nSPS) is 20.9. The molecule has 176 valence electrons. The zero-order valence-corrected chi connectivity index (χ0v) is 19.5. The van der Waals surface area contributed by atoms with Crippen molar-refractivity contribution in [2.45, 2.75) is 19.4 Å². The van der Waals surface area contributed by atoms with Gasteiger partial charge in [0.1, 0.15) is 17.1 Å². The molecule has 5 N–H and O–H groups in total. The van der Waals surface area contributed by atoms with E-state index >= 15 is 0 Å². The van der Waals surface area contributed by atoms with Gasteiger partial charge in [-0.25, -0.2) is 9.78 Å². The van der Waals surface area contributed by atoms with Crippen LogP contribution in [0.1, 0.15) is 31.5 Å². The van der Waals surface area contributed by atoms with E-state index in [1.165, 1.54) is 0 Å². The number of aromatic amines is 1. The highest BCUT2D eigenvalue weighted by Crippen LogP contribution is 2.48. The van der Waals surface area contributed by atoms with Gasteiger partial charge in [-0.3, -0.25) is 14.4 Å². The topological polar surface area (TPSA) is 165 Å². The Morgan fingerprint density at radius 3 is 2.39 bits per heavy atom. The van der Waals surface area contributed by atoms with E-state index in [2.05, 4.69) is 20.6 Å². The summed E-state index contributed by atoms with van der Waals surface area (Å²) in [5.74, 6) is -3.00. The summed E-state index contributed by atoms with van der Waals surface area (Å²) in [6.07, 6.45) is -0.330. The van der Waals surface area contributed by atoms with Gasteiger partial charge in [-0.15, -0.1) is 0 Å². The average molecular weight is 516 g/mol. The molecule has 2 aromatic heterocycles. The number of aromatic carboxylic acids is 1. The third-order valence-corrected chi connectivity index (χ3v) is 7.78. The molecule has 1 aliphatic carbocycles. The Labute approximate surface area is 201 Å². The first-order chi connectivity index (χ1) is 15.6. The fourth-order valence-electron chi connectivity index (χ4n) is 4.00. The summed E-state index contributed by atoms with van der Waals surface area (Å²) in [5, 5.41) is 24.2. The quantitative estimate of drug-likeness (QED) is 0.351. The molecule has 0 bridgehead atoms. The van der Waals surface area contributed by atoms with Gasteiger partial charge in [0.2, 0.25) is 5.91 Å². The molecule has 14 heteroatoms. The number of thiazole rings is 1. The number of aryl methyl sites for hydroxylation is 1. The average Bonchev–Trinajstić information content (AvgIpc) is 3.12. The van der Waals surface area contributed by atoms with Gasteiger partial charge in [-0.05, 0) is 6.92 Å². The Morgan fingerprint density at radius 1 is 1.18 bits per heavy atom. The number of hydrogen-bond acceptors (Lipinski definition) is 7. The number of hydrogen-bond donors (Lipinski definition) is 5. The van der Waals surface area contributed by atoms with Crippen molar-refractivity contribution in [2.75, 3.05) is 24.5 Å². The number of carboxylic acids is 2. The number of nitrogens with one attached hydrogen (secondary N) is 3.